The average molecular weight is 283 g/mol. The molecule has 1 aromatic rings. The Balaban J connectivity index is 2.27. The van der Waals surface area contributed by atoms with E-state index in [9.17, 15) is 18.0 Å². The maximum absolute atomic E-state index is 12.9. The second-order valence-electron chi connectivity index (χ2n) is 4.70. The standard InChI is InChI=1S/C14H12F3NO2/c15-14(16,17)12-6-9(8-18)4-5-13(12)20-11-3-1-2-10(19)7-11/h4-6,11H,1-3,7H2. The van der Waals surface area contributed by atoms with E-state index in [1.807, 2.05) is 0 Å². The summed E-state index contributed by atoms with van der Waals surface area (Å²) in [6, 6.07) is 4.84. The number of carbonyl (C=O) groups excluding carboxylic acids is 1. The fourth-order valence-electron chi connectivity index (χ4n) is 2.19. The van der Waals surface area contributed by atoms with Crippen LogP contribution in [-0.2, 0) is 11.0 Å². The lowest BCUT2D eigenvalue weighted by molar-refractivity contribution is -0.139. The van der Waals surface area contributed by atoms with Gasteiger partial charge in [-0.05, 0) is 31.0 Å². The summed E-state index contributed by atoms with van der Waals surface area (Å²) >= 11 is 0. The smallest absolute Gasteiger partial charge is 0.420 e. The van der Waals surface area contributed by atoms with Crippen molar-refractivity contribution in [3.05, 3.63) is 29.3 Å². The molecule has 0 spiro atoms. The summed E-state index contributed by atoms with van der Waals surface area (Å²) in [7, 11) is 0. The Kier molecular flexibility index (Phi) is 3.98. The van der Waals surface area contributed by atoms with Crippen molar-refractivity contribution in [2.45, 2.75) is 38.0 Å². The van der Waals surface area contributed by atoms with Gasteiger partial charge in [-0.1, -0.05) is 0 Å². The largest absolute Gasteiger partial charge is 0.489 e. The first-order valence-electron chi connectivity index (χ1n) is 6.20. The molecule has 6 heteroatoms. The second kappa shape index (κ2) is 5.53. The van der Waals surface area contributed by atoms with E-state index in [4.69, 9.17) is 10.00 Å². The molecular formula is C14H12F3NO2. The summed E-state index contributed by atoms with van der Waals surface area (Å²) in [5.74, 6) is -0.320. The van der Waals surface area contributed by atoms with Crippen molar-refractivity contribution in [3.63, 3.8) is 0 Å². The topological polar surface area (TPSA) is 50.1 Å². The maximum atomic E-state index is 12.9. The molecule has 1 atom stereocenters. The predicted octanol–water partition coefficient (Wildman–Crippen LogP) is 3.47. The normalized spacial score (nSPS) is 19.5. The maximum Gasteiger partial charge on any atom is 0.420 e. The lowest BCUT2D eigenvalue weighted by atomic mass is 9.96. The molecule has 3 nitrogen and oxygen atoms in total. The van der Waals surface area contributed by atoms with Gasteiger partial charge in [0.15, 0.2) is 0 Å². The molecule has 2 rings (SSSR count). The van der Waals surface area contributed by atoms with Crippen molar-refractivity contribution >= 4 is 5.78 Å². The third-order valence-corrected chi connectivity index (χ3v) is 3.14. The van der Waals surface area contributed by atoms with Crippen molar-refractivity contribution in [1.29, 1.82) is 5.26 Å². The Labute approximate surface area is 114 Å². The average Bonchev–Trinajstić information content (AvgIpc) is 2.38. The summed E-state index contributed by atoms with van der Waals surface area (Å²) in [5.41, 5.74) is -1.06. The molecule has 1 aliphatic carbocycles. The van der Waals surface area contributed by atoms with Crippen LogP contribution in [0.3, 0.4) is 0 Å². The minimum Gasteiger partial charge on any atom is -0.489 e. The first-order chi connectivity index (χ1) is 9.40. The highest BCUT2D eigenvalue weighted by atomic mass is 19.4. The fourth-order valence-corrected chi connectivity index (χ4v) is 2.19. The number of benzene rings is 1. The molecule has 0 radical (unpaired) electrons. The number of nitrogens with zero attached hydrogens (tertiary/aromatic N) is 1. The number of hydrogen-bond acceptors (Lipinski definition) is 3. The van der Waals surface area contributed by atoms with E-state index < -0.39 is 17.8 Å². The fraction of sp³-hybridized carbons (Fsp3) is 0.429. The van der Waals surface area contributed by atoms with Crippen LogP contribution < -0.4 is 4.74 Å². The van der Waals surface area contributed by atoms with Crippen molar-refractivity contribution in [2.75, 3.05) is 0 Å². The van der Waals surface area contributed by atoms with E-state index in [-0.39, 0.29) is 23.5 Å². The van der Waals surface area contributed by atoms with E-state index in [0.29, 0.717) is 19.3 Å². The van der Waals surface area contributed by atoms with Crippen molar-refractivity contribution in [3.8, 4) is 11.8 Å². The molecule has 1 fully saturated rings. The predicted molar refractivity (Wildman–Crippen MR) is 64.1 cm³/mol. The summed E-state index contributed by atoms with van der Waals surface area (Å²) in [4.78, 5) is 11.3. The van der Waals surface area contributed by atoms with E-state index in [1.54, 1.807) is 6.07 Å². The van der Waals surface area contributed by atoms with E-state index in [1.165, 1.54) is 6.07 Å². The minimum atomic E-state index is -4.60. The number of ether oxygens (including phenoxy) is 1. The lowest BCUT2D eigenvalue weighted by Gasteiger charge is -2.24. The molecule has 1 aliphatic rings. The van der Waals surface area contributed by atoms with Gasteiger partial charge >= 0.3 is 6.18 Å². The highest BCUT2D eigenvalue weighted by Gasteiger charge is 2.35. The van der Waals surface area contributed by atoms with Gasteiger partial charge < -0.3 is 4.74 Å². The number of nitriles is 1. The molecule has 106 valence electrons. The molecule has 1 aromatic carbocycles. The number of rotatable bonds is 2. The quantitative estimate of drug-likeness (QED) is 0.835. The number of hydrogen-bond donors (Lipinski definition) is 0. The Morgan fingerprint density at radius 3 is 2.70 bits per heavy atom. The molecule has 0 N–H and O–H groups in total. The first-order valence-corrected chi connectivity index (χ1v) is 6.20. The summed E-state index contributed by atoms with van der Waals surface area (Å²) in [6.45, 7) is 0. The van der Waals surface area contributed by atoms with Crippen LogP contribution >= 0.6 is 0 Å². The molecular weight excluding hydrogens is 271 g/mol. The number of alkyl halides is 3. The van der Waals surface area contributed by atoms with Gasteiger partial charge in [-0.25, -0.2) is 0 Å². The van der Waals surface area contributed by atoms with E-state index >= 15 is 0 Å². The molecule has 0 heterocycles. The molecule has 0 amide bonds. The number of carbonyl (C=O) groups is 1. The number of ketones is 1. The molecule has 0 bridgehead atoms. The molecule has 1 saturated carbocycles. The van der Waals surface area contributed by atoms with Gasteiger partial charge in [-0.15, -0.1) is 0 Å². The zero-order valence-electron chi connectivity index (χ0n) is 10.5. The summed E-state index contributed by atoms with van der Waals surface area (Å²) in [5, 5.41) is 8.67. The van der Waals surface area contributed by atoms with Gasteiger partial charge in [0.25, 0.3) is 0 Å². The van der Waals surface area contributed by atoms with Crippen LogP contribution in [-0.4, -0.2) is 11.9 Å². The van der Waals surface area contributed by atoms with E-state index in [0.717, 1.165) is 12.1 Å². The first kappa shape index (κ1) is 14.4. The Morgan fingerprint density at radius 2 is 2.10 bits per heavy atom. The van der Waals surface area contributed by atoms with Crippen LogP contribution in [0.15, 0.2) is 18.2 Å². The van der Waals surface area contributed by atoms with Crippen molar-refractivity contribution < 1.29 is 22.7 Å². The monoisotopic (exact) mass is 283 g/mol. The van der Waals surface area contributed by atoms with Crippen LogP contribution in [0.5, 0.6) is 5.75 Å². The molecule has 0 aliphatic heterocycles. The molecule has 0 aromatic heterocycles. The van der Waals surface area contributed by atoms with Gasteiger partial charge in [0, 0.05) is 12.8 Å². The van der Waals surface area contributed by atoms with Gasteiger partial charge in [0.2, 0.25) is 0 Å². The van der Waals surface area contributed by atoms with Crippen molar-refractivity contribution in [1.82, 2.24) is 0 Å². The molecule has 20 heavy (non-hydrogen) atoms. The Bertz CT molecular complexity index is 561. The second-order valence-corrected chi connectivity index (χ2v) is 4.70. The number of Topliss-reactive ketones (excluding diaryl/α,β-unsaturated/α-hetero) is 1. The van der Waals surface area contributed by atoms with Crippen LogP contribution in [0.1, 0.15) is 36.8 Å². The molecule has 1 unspecified atom stereocenters. The minimum absolute atomic E-state index is 0.00320. The lowest BCUT2D eigenvalue weighted by Crippen LogP contribution is -2.26. The summed E-state index contributed by atoms with van der Waals surface area (Å²) < 4.78 is 44.2. The third-order valence-electron chi connectivity index (χ3n) is 3.14. The highest BCUT2D eigenvalue weighted by molar-refractivity contribution is 5.79. The van der Waals surface area contributed by atoms with Gasteiger partial charge in [-0.2, -0.15) is 18.4 Å². The third kappa shape index (κ3) is 3.29. The Morgan fingerprint density at radius 1 is 1.35 bits per heavy atom. The molecule has 0 saturated heterocycles. The van der Waals surface area contributed by atoms with Crippen LogP contribution in [0, 0.1) is 11.3 Å². The Hall–Kier alpha value is -2.03. The zero-order chi connectivity index (χ0) is 14.8. The summed E-state index contributed by atoms with van der Waals surface area (Å²) in [6.07, 6.45) is -3.34. The zero-order valence-corrected chi connectivity index (χ0v) is 10.5. The number of halogens is 3. The van der Waals surface area contributed by atoms with Gasteiger partial charge in [0.05, 0.1) is 17.2 Å². The van der Waals surface area contributed by atoms with Crippen molar-refractivity contribution in [2.24, 2.45) is 0 Å². The highest BCUT2D eigenvalue weighted by Crippen LogP contribution is 2.38. The van der Waals surface area contributed by atoms with Crippen LogP contribution in [0.25, 0.3) is 0 Å². The van der Waals surface area contributed by atoms with Crippen LogP contribution in [0.2, 0.25) is 0 Å². The van der Waals surface area contributed by atoms with Gasteiger partial charge in [-0.3, -0.25) is 4.79 Å². The SMILES string of the molecule is N#Cc1ccc(OC2CCCC(=O)C2)c(C(F)(F)F)c1. The van der Waals surface area contributed by atoms with Gasteiger partial charge in [0.1, 0.15) is 17.6 Å². The van der Waals surface area contributed by atoms with Crippen LogP contribution in [0.4, 0.5) is 13.2 Å². The van der Waals surface area contributed by atoms with E-state index in [2.05, 4.69) is 0 Å².